The number of hydrogen-bond donors (Lipinski definition) is 1. The van der Waals surface area contributed by atoms with Crippen molar-refractivity contribution in [1.29, 1.82) is 0 Å². The molecule has 0 saturated carbocycles. The number of nitrogens with zero attached hydrogens (tertiary/aromatic N) is 1. The second kappa shape index (κ2) is 9.91. The van der Waals surface area contributed by atoms with Gasteiger partial charge in [0, 0.05) is 32.2 Å². The number of methoxy groups -OCH3 is 1. The Balaban J connectivity index is 0.00000264. The maximum atomic E-state index is 12.6. The summed E-state index contributed by atoms with van der Waals surface area (Å²) in [6.45, 7) is 3.45. The third-order valence-electron chi connectivity index (χ3n) is 4.75. The Bertz CT molecular complexity index is 465. The van der Waals surface area contributed by atoms with Gasteiger partial charge in [0.15, 0.2) is 0 Å². The summed E-state index contributed by atoms with van der Waals surface area (Å²) in [6.07, 6.45) is 3.42. The van der Waals surface area contributed by atoms with Crippen LogP contribution in [-0.4, -0.2) is 43.2 Å². The number of halogens is 1. The average Bonchev–Trinajstić information content (AvgIpc) is 3.03. The minimum atomic E-state index is -0.175. The molecule has 1 saturated heterocycles. The van der Waals surface area contributed by atoms with E-state index in [0.717, 1.165) is 25.8 Å². The van der Waals surface area contributed by atoms with E-state index in [-0.39, 0.29) is 24.4 Å². The smallest absolute Gasteiger partial charge is 0.225 e. The van der Waals surface area contributed by atoms with Gasteiger partial charge in [-0.1, -0.05) is 37.3 Å². The minimum absolute atomic E-state index is 0. The Morgan fingerprint density at radius 3 is 2.65 bits per heavy atom. The van der Waals surface area contributed by atoms with E-state index in [0.29, 0.717) is 24.9 Å². The van der Waals surface area contributed by atoms with Crippen LogP contribution in [0, 0.1) is 0 Å². The van der Waals surface area contributed by atoms with Crippen LogP contribution in [0.15, 0.2) is 30.3 Å². The van der Waals surface area contributed by atoms with Gasteiger partial charge in [-0.05, 0) is 24.8 Å². The zero-order chi connectivity index (χ0) is 15.9. The van der Waals surface area contributed by atoms with E-state index in [9.17, 15) is 4.79 Å². The maximum Gasteiger partial charge on any atom is 0.225 e. The summed E-state index contributed by atoms with van der Waals surface area (Å²) >= 11 is 0. The van der Waals surface area contributed by atoms with Gasteiger partial charge in [0.2, 0.25) is 5.91 Å². The Kier molecular flexibility index (Phi) is 8.59. The number of likely N-dealkylation sites (tertiary alicyclic amines) is 1. The standard InChI is InChI=1S/C18H28N2O2.ClH/c1-3-16(14-8-5-4-6-9-14)17-10-7-11-20(17)18(21)12-15(13-19)22-2;/h4-6,8-9,15-17H,3,7,10-13,19H2,1-2H3;1H. The number of rotatable bonds is 7. The maximum absolute atomic E-state index is 12.6. The molecule has 0 aliphatic carbocycles. The van der Waals surface area contributed by atoms with Crippen LogP contribution in [0.1, 0.15) is 44.1 Å². The first kappa shape index (κ1) is 19.9. The zero-order valence-corrected chi connectivity index (χ0v) is 14.9. The number of nitrogens with two attached hydrogens (primary N) is 1. The van der Waals surface area contributed by atoms with Crippen LogP contribution in [0.4, 0.5) is 0 Å². The van der Waals surface area contributed by atoms with Gasteiger partial charge in [-0.15, -0.1) is 12.4 Å². The lowest BCUT2D eigenvalue weighted by atomic mass is 9.87. The fourth-order valence-electron chi connectivity index (χ4n) is 3.53. The molecular formula is C18H29ClN2O2. The fourth-order valence-corrected chi connectivity index (χ4v) is 3.53. The van der Waals surface area contributed by atoms with Crippen molar-refractivity contribution in [2.24, 2.45) is 5.73 Å². The molecule has 1 heterocycles. The monoisotopic (exact) mass is 340 g/mol. The van der Waals surface area contributed by atoms with Crippen molar-refractivity contribution < 1.29 is 9.53 Å². The number of hydrogen-bond acceptors (Lipinski definition) is 3. The second-order valence-electron chi connectivity index (χ2n) is 6.02. The quantitative estimate of drug-likeness (QED) is 0.830. The lowest BCUT2D eigenvalue weighted by Crippen LogP contribution is -2.41. The molecule has 3 atom stereocenters. The SMILES string of the molecule is CCC(c1ccccc1)C1CCCN1C(=O)CC(CN)OC.Cl. The number of ether oxygens (including phenoxy) is 1. The number of amides is 1. The van der Waals surface area contributed by atoms with E-state index >= 15 is 0 Å². The molecule has 2 N–H and O–H groups in total. The third-order valence-corrected chi connectivity index (χ3v) is 4.75. The molecular weight excluding hydrogens is 312 g/mol. The molecule has 4 nitrogen and oxygen atoms in total. The molecule has 130 valence electrons. The molecule has 1 aromatic rings. The van der Waals surface area contributed by atoms with E-state index in [4.69, 9.17) is 10.5 Å². The highest BCUT2D eigenvalue weighted by molar-refractivity contribution is 5.85. The number of carbonyl (C=O) groups is 1. The molecule has 23 heavy (non-hydrogen) atoms. The van der Waals surface area contributed by atoms with Crippen LogP contribution in [-0.2, 0) is 9.53 Å². The first-order chi connectivity index (χ1) is 10.7. The van der Waals surface area contributed by atoms with Gasteiger partial charge < -0.3 is 15.4 Å². The molecule has 0 spiro atoms. The first-order valence-corrected chi connectivity index (χ1v) is 8.28. The summed E-state index contributed by atoms with van der Waals surface area (Å²) in [6, 6.07) is 10.8. The van der Waals surface area contributed by atoms with Crippen molar-refractivity contribution in [1.82, 2.24) is 4.90 Å². The van der Waals surface area contributed by atoms with E-state index in [2.05, 4.69) is 36.1 Å². The molecule has 0 aromatic heterocycles. The normalized spacial score (nSPS) is 20.0. The highest BCUT2D eigenvalue weighted by Gasteiger charge is 2.35. The van der Waals surface area contributed by atoms with Crippen molar-refractivity contribution in [2.45, 2.75) is 50.7 Å². The van der Waals surface area contributed by atoms with Gasteiger partial charge in [0.1, 0.15) is 0 Å². The molecule has 0 bridgehead atoms. The van der Waals surface area contributed by atoms with Crippen molar-refractivity contribution in [3.8, 4) is 0 Å². The largest absolute Gasteiger partial charge is 0.380 e. The van der Waals surface area contributed by atoms with Crippen molar-refractivity contribution >= 4 is 18.3 Å². The van der Waals surface area contributed by atoms with Crippen molar-refractivity contribution in [3.05, 3.63) is 35.9 Å². The molecule has 5 heteroatoms. The predicted molar refractivity (Wildman–Crippen MR) is 95.9 cm³/mol. The van der Waals surface area contributed by atoms with Crippen LogP contribution in [0.2, 0.25) is 0 Å². The topological polar surface area (TPSA) is 55.6 Å². The minimum Gasteiger partial charge on any atom is -0.380 e. The van der Waals surface area contributed by atoms with E-state index in [1.807, 2.05) is 6.07 Å². The fraction of sp³-hybridized carbons (Fsp3) is 0.611. The average molecular weight is 341 g/mol. The Hall–Kier alpha value is -1.10. The van der Waals surface area contributed by atoms with Crippen molar-refractivity contribution in [3.63, 3.8) is 0 Å². The molecule has 2 rings (SSSR count). The summed E-state index contributed by atoms with van der Waals surface area (Å²) in [5.41, 5.74) is 6.98. The number of carbonyl (C=O) groups excluding carboxylic acids is 1. The molecule has 1 aromatic carbocycles. The van der Waals surface area contributed by atoms with Crippen LogP contribution in [0.3, 0.4) is 0 Å². The predicted octanol–water partition coefficient (Wildman–Crippen LogP) is 2.96. The summed E-state index contributed by atoms with van der Waals surface area (Å²) in [5, 5.41) is 0. The third kappa shape index (κ3) is 4.93. The summed E-state index contributed by atoms with van der Waals surface area (Å²) in [7, 11) is 1.62. The van der Waals surface area contributed by atoms with Crippen LogP contribution < -0.4 is 5.73 Å². The molecule has 1 amide bonds. The molecule has 1 fully saturated rings. The van der Waals surface area contributed by atoms with Crippen LogP contribution >= 0.6 is 12.4 Å². The van der Waals surface area contributed by atoms with Gasteiger partial charge in [-0.2, -0.15) is 0 Å². The summed E-state index contributed by atoms with van der Waals surface area (Å²) in [5.74, 6) is 0.584. The molecule has 0 radical (unpaired) electrons. The lowest BCUT2D eigenvalue weighted by molar-refractivity contribution is -0.134. The van der Waals surface area contributed by atoms with Gasteiger partial charge in [0.05, 0.1) is 12.5 Å². The van der Waals surface area contributed by atoms with Gasteiger partial charge >= 0.3 is 0 Å². The van der Waals surface area contributed by atoms with Gasteiger partial charge in [-0.3, -0.25) is 4.79 Å². The molecule has 3 unspecified atom stereocenters. The van der Waals surface area contributed by atoms with E-state index in [1.54, 1.807) is 7.11 Å². The van der Waals surface area contributed by atoms with E-state index in [1.165, 1.54) is 5.56 Å². The molecule has 1 aliphatic heterocycles. The Morgan fingerprint density at radius 1 is 1.39 bits per heavy atom. The van der Waals surface area contributed by atoms with Crippen molar-refractivity contribution in [2.75, 3.05) is 20.2 Å². The summed E-state index contributed by atoms with van der Waals surface area (Å²) in [4.78, 5) is 14.7. The zero-order valence-electron chi connectivity index (χ0n) is 14.1. The van der Waals surface area contributed by atoms with Gasteiger partial charge in [0.25, 0.3) is 0 Å². The lowest BCUT2D eigenvalue weighted by Gasteiger charge is -2.32. The molecule has 1 aliphatic rings. The summed E-state index contributed by atoms with van der Waals surface area (Å²) < 4.78 is 5.26. The van der Waals surface area contributed by atoms with E-state index < -0.39 is 0 Å². The highest BCUT2D eigenvalue weighted by atomic mass is 35.5. The Labute approximate surface area is 145 Å². The number of benzene rings is 1. The van der Waals surface area contributed by atoms with Gasteiger partial charge in [-0.25, -0.2) is 0 Å². The van der Waals surface area contributed by atoms with Crippen LogP contribution in [0.25, 0.3) is 0 Å². The highest BCUT2D eigenvalue weighted by Crippen LogP contribution is 2.34. The Morgan fingerprint density at radius 2 is 2.09 bits per heavy atom. The first-order valence-electron chi connectivity index (χ1n) is 8.28. The second-order valence-corrected chi connectivity index (χ2v) is 6.02. The van der Waals surface area contributed by atoms with Crippen LogP contribution in [0.5, 0.6) is 0 Å².